The summed E-state index contributed by atoms with van der Waals surface area (Å²) < 4.78 is 39.1. The van der Waals surface area contributed by atoms with Crippen LogP contribution in [0.4, 0.5) is 41.9 Å². The first-order chi connectivity index (χ1) is 19.6. The van der Waals surface area contributed by atoms with Crippen LogP contribution in [0.25, 0.3) is 0 Å². The van der Waals surface area contributed by atoms with Gasteiger partial charge in [-0.15, -0.1) is 0 Å². The van der Waals surface area contributed by atoms with Crippen LogP contribution in [-0.2, 0) is 12.6 Å². The molecule has 2 aromatic heterocycles. The summed E-state index contributed by atoms with van der Waals surface area (Å²) in [5.41, 5.74) is 3.09. The Morgan fingerprint density at radius 1 is 1.00 bits per heavy atom. The Kier molecular flexibility index (Phi) is 7.56. The predicted octanol–water partition coefficient (Wildman–Crippen LogP) is 5.83. The average Bonchev–Trinajstić information content (AvgIpc) is 2.95. The Hall–Kier alpha value is -5.00. The molecule has 12 heteroatoms. The van der Waals surface area contributed by atoms with Gasteiger partial charge in [0.05, 0.1) is 16.8 Å². The van der Waals surface area contributed by atoms with E-state index >= 15 is 0 Å². The lowest BCUT2D eigenvalue weighted by Gasteiger charge is -2.29. The van der Waals surface area contributed by atoms with Crippen LogP contribution in [0.15, 0.2) is 67.0 Å². The molecule has 1 aliphatic heterocycles. The molecule has 0 radical (unpaired) electrons. The summed E-state index contributed by atoms with van der Waals surface area (Å²) >= 11 is 0. The highest BCUT2D eigenvalue weighted by molar-refractivity contribution is 6.09. The van der Waals surface area contributed by atoms with Gasteiger partial charge in [-0.25, -0.2) is 9.97 Å². The quantitative estimate of drug-likeness (QED) is 0.260. The van der Waals surface area contributed by atoms with Crippen LogP contribution in [0.5, 0.6) is 0 Å². The van der Waals surface area contributed by atoms with Gasteiger partial charge in [-0.3, -0.25) is 14.6 Å². The number of halogens is 3. The Bertz CT molecular complexity index is 1610. The van der Waals surface area contributed by atoms with Crippen molar-refractivity contribution in [2.75, 3.05) is 33.9 Å². The van der Waals surface area contributed by atoms with Crippen molar-refractivity contribution in [1.29, 1.82) is 0 Å². The summed E-state index contributed by atoms with van der Waals surface area (Å²) in [7, 11) is 0. The maximum absolute atomic E-state index is 13.4. The molecule has 0 atom stereocenters. The zero-order chi connectivity index (χ0) is 29.1. The monoisotopic (exact) mass is 561 g/mol. The van der Waals surface area contributed by atoms with Crippen LogP contribution >= 0.6 is 0 Å². The molecule has 0 fully saturated rings. The number of hydrogen-bond acceptors (Lipinski definition) is 7. The van der Waals surface area contributed by atoms with Gasteiger partial charge >= 0.3 is 6.18 Å². The summed E-state index contributed by atoms with van der Waals surface area (Å²) in [6.45, 7) is 5.01. The Balaban J connectivity index is 1.32. The van der Waals surface area contributed by atoms with E-state index in [0.29, 0.717) is 47.6 Å². The van der Waals surface area contributed by atoms with E-state index in [0.717, 1.165) is 35.7 Å². The second-order valence-corrected chi connectivity index (χ2v) is 9.38. The van der Waals surface area contributed by atoms with E-state index in [1.807, 2.05) is 38.1 Å². The summed E-state index contributed by atoms with van der Waals surface area (Å²) in [5.74, 6) is -0.713. The van der Waals surface area contributed by atoms with Gasteiger partial charge in [-0.1, -0.05) is 6.07 Å². The highest BCUT2D eigenvalue weighted by atomic mass is 19.4. The van der Waals surface area contributed by atoms with Crippen molar-refractivity contribution in [2.45, 2.75) is 26.4 Å². The molecule has 2 amide bonds. The molecule has 3 N–H and O–H groups in total. The van der Waals surface area contributed by atoms with Gasteiger partial charge in [-0.2, -0.15) is 13.2 Å². The molecule has 9 nitrogen and oxygen atoms in total. The molecule has 4 aromatic rings. The van der Waals surface area contributed by atoms with Gasteiger partial charge < -0.3 is 20.9 Å². The third-order valence-corrected chi connectivity index (χ3v) is 6.52. The SMILES string of the molecule is CCNc1ccc(Nc2ncc3c(n2)CCN(c2cc(NC(=O)c4cc(C(F)(F)F)ccn4)ccc2C)C3=O)cc1. The second kappa shape index (κ2) is 11.2. The molecule has 0 bridgehead atoms. The molecule has 0 saturated heterocycles. The van der Waals surface area contributed by atoms with Crippen molar-refractivity contribution in [3.63, 3.8) is 0 Å². The largest absolute Gasteiger partial charge is 0.416 e. The van der Waals surface area contributed by atoms with E-state index < -0.39 is 17.6 Å². The van der Waals surface area contributed by atoms with Gasteiger partial charge in [0, 0.05) is 54.7 Å². The van der Waals surface area contributed by atoms with Gasteiger partial charge in [0.2, 0.25) is 5.95 Å². The van der Waals surface area contributed by atoms with Gasteiger partial charge in [0.25, 0.3) is 11.8 Å². The fraction of sp³-hybridized carbons (Fsp3) is 0.207. The Labute approximate surface area is 233 Å². The van der Waals surface area contributed by atoms with Crippen LogP contribution in [0.2, 0.25) is 0 Å². The highest BCUT2D eigenvalue weighted by Crippen LogP contribution is 2.31. The zero-order valence-electron chi connectivity index (χ0n) is 22.2. The normalized spacial score (nSPS) is 13.0. The molecule has 0 spiro atoms. The summed E-state index contributed by atoms with van der Waals surface area (Å²) in [4.78, 5) is 40.3. The number of amides is 2. The van der Waals surface area contributed by atoms with E-state index in [2.05, 4.69) is 30.9 Å². The van der Waals surface area contributed by atoms with Crippen LogP contribution < -0.4 is 20.9 Å². The van der Waals surface area contributed by atoms with Crippen molar-refractivity contribution in [3.05, 3.63) is 95.1 Å². The lowest BCUT2D eigenvalue weighted by molar-refractivity contribution is -0.137. The summed E-state index contributed by atoms with van der Waals surface area (Å²) in [6.07, 6.45) is -1.70. The molecule has 5 rings (SSSR count). The van der Waals surface area contributed by atoms with E-state index in [4.69, 9.17) is 0 Å². The highest BCUT2D eigenvalue weighted by Gasteiger charge is 2.32. The topological polar surface area (TPSA) is 112 Å². The maximum Gasteiger partial charge on any atom is 0.416 e. The van der Waals surface area contributed by atoms with E-state index in [1.54, 1.807) is 23.1 Å². The van der Waals surface area contributed by atoms with Crippen molar-refractivity contribution in [1.82, 2.24) is 15.0 Å². The predicted molar refractivity (Wildman–Crippen MR) is 150 cm³/mol. The molecular formula is C29H26F3N7O2. The maximum atomic E-state index is 13.4. The number of hydrogen-bond donors (Lipinski definition) is 3. The third kappa shape index (κ3) is 6.11. The third-order valence-electron chi connectivity index (χ3n) is 6.52. The molecule has 0 saturated carbocycles. The number of alkyl halides is 3. The number of carbonyl (C=O) groups excluding carboxylic acids is 2. The number of anilines is 5. The first-order valence-electron chi connectivity index (χ1n) is 12.9. The fourth-order valence-corrected chi connectivity index (χ4v) is 4.45. The smallest absolute Gasteiger partial charge is 0.385 e. The van der Waals surface area contributed by atoms with E-state index in [1.165, 1.54) is 6.20 Å². The molecule has 41 heavy (non-hydrogen) atoms. The Morgan fingerprint density at radius 3 is 2.46 bits per heavy atom. The van der Waals surface area contributed by atoms with Crippen molar-refractivity contribution in [3.8, 4) is 0 Å². The number of benzene rings is 2. The molecular weight excluding hydrogens is 535 g/mol. The van der Waals surface area contributed by atoms with Crippen molar-refractivity contribution < 1.29 is 22.8 Å². The van der Waals surface area contributed by atoms with Gasteiger partial charge in [0.1, 0.15) is 5.69 Å². The molecule has 1 aliphatic rings. The minimum absolute atomic E-state index is 0.293. The number of carbonyl (C=O) groups is 2. The number of rotatable bonds is 7. The lowest BCUT2D eigenvalue weighted by Crippen LogP contribution is -2.38. The minimum Gasteiger partial charge on any atom is -0.385 e. The summed E-state index contributed by atoms with van der Waals surface area (Å²) in [6, 6.07) is 14.1. The number of pyridine rings is 1. The summed E-state index contributed by atoms with van der Waals surface area (Å²) in [5, 5.41) is 8.96. The minimum atomic E-state index is -4.60. The van der Waals surface area contributed by atoms with Crippen molar-refractivity contribution >= 4 is 40.5 Å². The number of nitrogens with zero attached hydrogens (tertiary/aromatic N) is 4. The molecule has 2 aromatic carbocycles. The van der Waals surface area contributed by atoms with Crippen LogP contribution in [-0.4, -0.2) is 39.9 Å². The second-order valence-electron chi connectivity index (χ2n) is 9.38. The average molecular weight is 562 g/mol. The zero-order valence-corrected chi connectivity index (χ0v) is 22.2. The lowest BCUT2D eigenvalue weighted by atomic mass is 10.0. The van der Waals surface area contributed by atoms with Gasteiger partial charge in [-0.05, 0) is 67.9 Å². The number of nitrogens with one attached hydrogen (secondary N) is 3. The molecule has 0 unspecified atom stereocenters. The van der Waals surface area contributed by atoms with Crippen LogP contribution in [0, 0.1) is 6.92 Å². The Morgan fingerprint density at radius 2 is 1.73 bits per heavy atom. The first-order valence-corrected chi connectivity index (χ1v) is 12.9. The number of aryl methyl sites for hydroxylation is 1. The van der Waals surface area contributed by atoms with Crippen LogP contribution in [0.1, 0.15) is 44.6 Å². The van der Waals surface area contributed by atoms with Crippen LogP contribution in [0.3, 0.4) is 0 Å². The first kappa shape index (κ1) is 27.6. The fourth-order valence-electron chi connectivity index (χ4n) is 4.45. The molecule has 3 heterocycles. The molecule has 210 valence electrons. The number of aromatic nitrogens is 3. The van der Waals surface area contributed by atoms with Crippen molar-refractivity contribution in [2.24, 2.45) is 0 Å². The molecule has 0 aliphatic carbocycles. The van der Waals surface area contributed by atoms with Gasteiger partial charge in [0.15, 0.2) is 0 Å². The van der Waals surface area contributed by atoms with E-state index in [-0.39, 0.29) is 11.6 Å². The number of fused-ring (bicyclic) bond motifs is 1. The van der Waals surface area contributed by atoms with E-state index in [9.17, 15) is 22.8 Å². The standard InChI is InChI=1S/C29H26F3N7O2/c1-3-33-19-6-8-20(9-7-19)37-28-35-16-22-23(38-28)11-13-39(27(22)41)25-15-21(5-4-17(25)2)36-26(40)24-14-18(10-12-34-24)29(30,31)32/h4-10,12,14-16,33H,3,11,13H2,1-2H3,(H,36,40)(H,35,37,38).